The number of ether oxygens (including phenoxy) is 1. The number of aryl methyl sites for hydroxylation is 1. The zero-order chi connectivity index (χ0) is 13.5. The molecule has 0 aliphatic rings. The Bertz CT molecular complexity index is 395. The van der Waals surface area contributed by atoms with E-state index in [1.807, 2.05) is 30.3 Å². The molecule has 0 aliphatic carbocycles. The molecule has 0 aromatic heterocycles. The molecule has 0 bridgehead atoms. The summed E-state index contributed by atoms with van der Waals surface area (Å²) in [6, 6.07) is 9.82. The summed E-state index contributed by atoms with van der Waals surface area (Å²) < 4.78 is 4.99. The quantitative estimate of drug-likeness (QED) is 0.621. The molecule has 1 atom stereocenters. The van der Waals surface area contributed by atoms with E-state index in [4.69, 9.17) is 4.74 Å². The van der Waals surface area contributed by atoms with Gasteiger partial charge in [-0.25, -0.2) is 4.79 Å². The summed E-state index contributed by atoms with van der Waals surface area (Å²) in [5.74, 6) is -0.523. The maximum atomic E-state index is 11.5. The SMILES string of the molecule is C=C(C(=O)OC(C)C)C(O)CCc1ccccc1. The van der Waals surface area contributed by atoms with Gasteiger partial charge in [0.1, 0.15) is 0 Å². The maximum absolute atomic E-state index is 11.5. The molecule has 0 radical (unpaired) electrons. The van der Waals surface area contributed by atoms with Crippen LogP contribution in [0.3, 0.4) is 0 Å². The third-order valence-electron chi connectivity index (χ3n) is 2.56. The van der Waals surface area contributed by atoms with Gasteiger partial charge in [0.05, 0.1) is 17.8 Å². The summed E-state index contributed by atoms with van der Waals surface area (Å²) in [5.41, 5.74) is 1.25. The molecular formula is C15H20O3. The Labute approximate surface area is 108 Å². The number of carbonyl (C=O) groups is 1. The zero-order valence-corrected chi connectivity index (χ0v) is 10.9. The highest BCUT2D eigenvalue weighted by atomic mass is 16.5. The van der Waals surface area contributed by atoms with Crippen molar-refractivity contribution >= 4 is 5.97 Å². The Morgan fingerprint density at radius 1 is 1.33 bits per heavy atom. The van der Waals surface area contributed by atoms with Crippen LogP contribution in [0.25, 0.3) is 0 Å². The van der Waals surface area contributed by atoms with E-state index in [-0.39, 0.29) is 11.7 Å². The van der Waals surface area contributed by atoms with Crippen molar-refractivity contribution in [2.24, 2.45) is 0 Å². The van der Waals surface area contributed by atoms with Gasteiger partial charge in [0.25, 0.3) is 0 Å². The Hall–Kier alpha value is -1.61. The number of carbonyl (C=O) groups excluding carboxylic acids is 1. The molecule has 1 unspecified atom stereocenters. The molecule has 0 fully saturated rings. The molecule has 0 saturated carbocycles. The molecule has 1 aromatic carbocycles. The second-order valence-electron chi connectivity index (χ2n) is 4.52. The fourth-order valence-electron chi connectivity index (χ4n) is 1.55. The number of benzene rings is 1. The Morgan fingerprint density at radius 2 is 1.94 bits per heavy atom. The number of aliphatic hydroxyl groups is 1. The maximum Gasteiger partial charge on any atom is 0.336 e. The van der Waals surface area contributed by atoms with Crippen LogP contribution >= 0.6 is 0 Å². The van der Waals surface area contributed by atoms with Crippen LogP contribution in [0.2, 0.25) is 0 Å². The van der Waals surface area contributed by atoms with Gasteiger partial charge in [-0.2, -0.15) is 0 Å². The summed E-state index contributed by atoms with van der Waals surface area (Å²) in [6.07, 6.45) is 0.124. The van der Waals surface area contributed by atoms with Crippen molar-refractivity contribution in [3.05, 3.63) is 48.0 Å². The minimum Gasteiger partial charge on any atom is -0.460 e. The molecule has 1 N–H and O–H groups in total. The van der Waals surface area contributed by atoms with Crippen LogP contribution in [0.15, 0.2) is 42.5 Å². The topological polar surface area (TPSA) is 46.5 Å². The van der Waals surface area contributed by atoms with E-state index < -0.39 is 12.1 Å². The van der Waals surface area contributed by atoms with E-state index in [9.17, 15) is 9.90 Å². The van der Waals surface area contributed by atoms with Crippen LogP contribution in [-0.4, -0.2) is 23.3 Å². The fraction of sp³-hybridized carbons (Fsp3) is 0.400. The van der Waals surface area contributed by atoms with Crippen LogP contribution in [0.5, 0.6) is 0 Å². The van der Waals surface area contributed by atoms with Crippen molar-refractivity contribution in [1.29, 1.82) is 0 Å². The van der Waals surface area contributed by atoms with Gasteiger partial charge in [0.2, 0.25) is 0 Å². The summed E-state index contributed by atoms with van der Waals surface area (Å²) in [7, 11) is 0. The summed E-state index contributed by atoms with van der Waals surface area (Å²) >= 11 is 0. The monoisotopic (exact) mass is 248 g/mol. The number of hydrogen-bond donors (Lipinski definition) is 1. The van der Waals surface area contributed by atoms with Crippen molar-refractivity contribution in [3.63, 3.8) is 0 Å². The van der Waals surface area contributed by atoms with Crippen LogP contribution < -0.4 is 0 Å². The third kappa shape index (κ3) is 4.72. The van der Waals surface area contributed by atoms with E-state index in [1.165, 1.54) is 0 Å². The molecular weight excluding hydrogens is 228 g/mol. The first kappa shape index (κ1) is 14.5. The summed E-state index contributed by atoms with van der Waals surface area (Å²) in [6.45, 7) is 7.13. The lowest BCUT2D eigenvalue weighted by atomic mass is 10.0. The highest BCUT2D eigenvalue weighted by Gasteiger charge is 2.18. The van der Waals surface area contributed by atoms with Gasteiger partial charge in [0, 0.05) is 0 Å². The van der Waals surface area contributed by atoms with Gasteiger partial charge >= 0.3 is 5.97 Å². The average molecular weight is 248 g/mol. The first-order valence-electron chi connectivity index (χ1n) is 6.12. The van der Waals surface area contributed by atoms with Crippen LogP contribution in [0.1, 0.15) is 25.8 Å². The molecule has 0 spiro atoms. The van der Waals surface area contributed by atoms with Gasteiger partial charge in [0.15, 0.2) is 0 Å². The lowest BCUT2D eigenvalue weighted by Gasteiger charge is -2.14. The standard InChI is InChI=1S/C15H20O3/c1-11(2)18-15(17)12(3)14(16)10-9-13-7-5-4-6-8-13/h4-8,11,14,16H,3,9-10H2,1-2H3. The Kier molecular flexibility index (Phi) is 5.59. The van der Waals surface area contributed by atoms with Crippen LogP contribution in [-0.2, 0) is 16.0 Å². The smallest absolute Gasteiger partial charge is 0.336 e. The first-order valence-corrected chi connectivity index (χ1v) is 6.12. The van der Waals surface area contributed by atoms with E-state index in [2.05, 4.69) is 6.58 Å². The molecule has 3 nitrogen and oxygen atoms in total. The fourth-order valence-corrected chi connectivity index (χ4v) is 1.55. The summed E-state index contributed by atoms with van der Waals surface area (Å²) in [5, 5.41) is 9.86. The van der Waals surface area contributed by atoms with Gasteiger partial charge in [-0.15, -0.1) is 0 Å². The van der Waals surface area contributed by atoms with Crippen molar-refractivity contribution in [3.8, 4) is 0 Å². The van der Waals surface area contributed by atoms with Gasteiger partial charge in [-0.1, -0.05) is 36.9 Å². The molecule has 1 aromatic rings. The molecule has 3 heteroatoms. The van der Waals surface area contributed by atoms with Crippen LogP contribution in [0.4, 0.5) is 0 Å². The Morgan fingerprint density at radius 3 is 2.50 bits per heavy atom. The van der Waals surface area contributed by atoms with E-state index in [0.29, 0.717) is 12.8 Å². The molecule has 18 heavy (non-hydrogen) atoms. The normalized spacial score (nSPS) is 12.2. The van der Waals surface area contributed by atoms with Gasteiger partial charge in [-0.3, -0.25) is 0 Å². The lowest BCUT2D eigenvalue weighted by molar-refractivity contribution is -0.143. The number of hydrogen-bond acceptors (Lipinski definition) is 3. The minimum absolute atomic E-state index is 0.125. The van der Waals surface area contributed by atoms with Gasteiger partial charge in [-0.05, 0) is 32.3 Å². The van der Waals surface area contributed by atoms with E-state index in [1.54, 1.807) is 13.8 Å². The van der Waals surface area contributed by atoms with Crippen molar-refractivity contribution in [2.75, 3.05) is 0 Å². The highest BCUT2D eigenvalue weighted by Crippen LogP contribution is 2.12. The van der Waals surface area contributed by atoms with E-state index >= 15 is 0 Å². The summed E-state index contributed by atoms with van der Waals surface area (Å²) in [4.78, 5) is 11.5. The lowest BCUT2D eigenvalue weighted by Crippen LogP contribution is -2.22. The molecule has 98 valence electrons. The predicted molar refractivity (Wildman–Crippen MR) is 71.1 cm³/mol. The predicted octanol–water partition coefficient (Wildman–Crippen LogP) is 2.49. The van der Waals surface area contributed by atoms with E-state index in [0.717, 1.165) is 5.56 Å². The first-order chi connectivity index (χ1) is 8.50. The van der Waals surface area contributed by atoms with Crippen LogP contribution in [0, 0.1) is 0 Å². The minimum atomic E-state index is -0.851. The van der Waals surface area contributed by atoms with Gasteiger partial charge < -0.3 is 9.84 Å². The number of esters is 1. The average Bonchev–Trinajstić information content (AvgIpc) is 2.35. The molecule has 0 aliphatic heterocycles. The van der Waals surface area contributed by atoms with Crippen molar-refractivity contribution in [2.45, 2.75) is 38.9 Å². The Balaban J connectivity index is 2.43. The molecule has 0 heterocycles. The zero-order valence-electron chi connectivity index (χ0n) is 10.9. The molecule has 1 rings (SSSR count). The second kappa shape index (κ2) is 6.97. The molecule has 0 amide bonds. The van der Waals surface area contributed by atoms with Crippen molar-refractivity contribution < 1.29 is 14.6 Å². The molecule has 0 saturated heterocycles. The largest absolute Gasteiger partial charge is 0.460 e. The number of aliphatic hydroxyl groups excluding tert-OH is 1. The number of rotatable bonds is 6. The highest BCUT2D eigenvalue weighted by molar-refractivity contribution is 5.88. The third-order valence-corrected chi connectivity index (χ3v) is 2.56. The second-order valence-corrected chi connectivity index (χ2v) is 4.52. The van der Waals surface area contributed by atoms with Crippen molar-refractivity contribution in [1.82, 2.24) is 0 Å².